The van der Waals surface area contributed by atoms with E-state index in [1.807, 2.05) is 86.8 Å². The van der Waals surface area contributed by atoms with Gasteiger partial charge in [0, 0.05) is 34.7 Å². The molecule has 196 valence electrons. The molecular weight excluding hydrogens is 498 g/mol. The van der Waals surface area contributed by atoms with Gasteiger partial charge >= 0.3 is 6.03 Å². The number of ether oxygens (including phenoxy) is 1. The van der Waals surface area contributed by atoms with E-state index < -0.39 is 0 Å². The molecule has 4 aromatic rings. The van der Waals surface area contributed by atoms with Crippen LogP contribution in [0.3, 0.4) is 0 Å². The highest BCUT2D eigenvalue weighted by molar-refractivity contribution is 7.10. The maximum atomic E-state index is 12.8. The predicted octanol–water partition coefficient (Wildman–Crippen LogP) is 5.93. The highest BCUT2D eigenvalue weighted by Gasteiger charge is 2.25. The topological polar surface area (TPSA) is 99.3 Å². The zero-order valence-electron chi connectivity index (χ0n) is 21.7. The number of anilines is 2. The van der Waals surface area contributed by atoms with Crippen LogP contribution in [0.5, 0.6) is 0 Å². The molecule has 38 heavy (non-hydrogen) atoms. The molecule has 2 atom stereocenters. The van der Waals surface area contributed by atoms with E-state index in [-0.39, 0.29) is 24.1 Å². The molecule has 8 nitrogen and oxygen atoms in total. The summed E-state index contributed by atoms with van der Waals surface area (Å²) in [5.41, 5.74) is 5.05. The number of hydrogen-bond donors (Lipinski definition) is 3. The summed E-state index contributed by atoms with van der Waals surface area (Å²) in [6, 6.07) is 15.4. The number of nitrogens with zero attached hydrogens (tertiary/aromatic N) is 2. The molecule has 1 aliphatic heterocycles. The van der Waals surface area contributed by atoms with E-state index in [0.29, 0.717) is 19.5 Å². The average Bonchev–Trinajstić information content (AvgIpc) is 3.52. The van der Waals surface area contributed by atoms with Gasteiger partial charge in [-0.15, -0.1) is 11.3 Å². The summed E-state index contributed by atoms with van der Waals surface area (Å²) in [6.07, 6.45) is 4.27. The van der Waals surface area contributed by atoms with Crippen molar-refractivity contribution in [2.45, 2.75) is 39.4 Å². The van der Waals surface area contributed by atoms with Gasteiger partial charge in [0.25, 0.3) is 0 Å². The zero-order chi connectivity index (χ0) is 26.6. The van der Waals surface area contributed by atoms with Crippen LogP contribution in [0.4, 0.5) is 16.2 Å². The number of H-pyrrole nitrogens is 1. The minimum Gasteiger partial charge on any atom is -0.372 e. The quantitative estimate of drug-likeness (QED) is 0.288. The molecule has 2 aromatic heterocycles. The number of morpholine rings is 1. The summed E-state index contributed by atoms with van der Waals surface area (Å²) in [7, 11) is 0. The number of aryl methyl sites for hydroxylation is 1. The van der Waals surface area contributed by atoms with Gasteiger partial charge in [0.1, 0.15) is 0 Å². The number of hydrogen-bond acceptors (Lipinski definition) is 5. The summed E-state index contributed by atoms with van der Waals surface area (Å²) in [5.74, 6) is -0.0460. The largest absolute Gasteiger partial charge is 0.372 e. The number of amides is 3. The fourth-order valence-corrected chi connectivity index (χ4v) is 5.37. The monoisotopic (exact) mass is 529 g/mol. The van der Waals surface area contributed by atoms with Crippen LogP contribution in [0, 0.1) is 6.92 Å². The van der Waals surface area contributed by atoms with Crippen LogP contribution in [0.25, 0.3) is 23.1 Å². The lowest BCUT2D eigenvalue weighted by Crippen LogP contribution is -2.49. The summed E-state index contributed by atoms with van der Waals surface area (Å²) in [5, 5.41) is 16.5. The number of nitrogens with one attached hydrogen (secondary N) is 3. The molecule has 1 aliphatic rings. The lowest BCUT2D eigenvalue weighted by Gasteiger charge is -2.35. The summed E-state index contributed by atoms with van der Waals surface area (Å²) < 4.78 is 5.73. The number of carbonyl (C=O) groups is 2. The van der Waals surface area contributed by atoms with Gasteiger partial charge in [0.05, 0.1) is 29.8 Å². The van der Waals surface area contributed by atoms with Crippen molar-refractivity contribution >= 4 is 57.7 Å². The average molecular weight is 530 g/mol. The van der Waals surface area contributed by atoms with Crippen molar-refractivity contribution in [3.63, 3.8) is 0 Å². The Bertz CT molecular complexity index is 1470. The number of benzene rings is 2. The number of aromatic nitrogens is 2. The van der Waals surface area contributed by atoms with Crippen LogP contribution in [0.15, 0.2) is 53.9 Å². The molecule has 9 heteroatoms. The van der Waals surface area contributed by atoms with E-state index in [0.717, 1.165) is 44.0 Å². The van der Waals surface area contributed by atoms with Gasteiger partial charge in [-0.3, -0.25) is 9.89 Å². The van der Waals surface area contributed by atoms with Crippen molar-refractivity contribution in [2.75, 3.05) is 23.7 Å². The third-order valence-corrected chi connectivity index (χ3v) is 7.28. The molecule has 3 heterocycles. The maximum absolute atomic E-state index is 12.8. The van der Waals surface area contributed by atoms with Gasteiger partial charge in [-0.1, -0.05) is 24.3 Å². The maximum Gasteiger partial charge on any atom is 0.322 e. The summed E-state index contributed by atoms with van der Waals surface area (Å²) in [4.78, 5) is 28.2. The van der Waals surface area contributed by atoms with Gasteiger partial charge in [-0.2, -0.15) is 5.10 Å². The van der Waals surface area contributed by atoms with Crippen molar-refractivity contribution in [1.82, 2.24) is 15.1 Å². The minimum atomic E-state index is -0.129. The lowest BCUT2D eigenvalue weighted by atomic mass is 10.1. The lowest BCUT2D eigenvalue weighted by molar-refractivity contribution is -0.115. The fraction of sp³-hybridized carbons (Fsp3) is 0.276. The molecule has 1 saturated heterocycles. The van der Waals surface area contributed by atoms with E-state index in [1.54, 1.807) is 16.2 Å². The molecule has 3 N–H and O–H groups in total. The molecule has 1 fully saturated rings. The van der Waals surface area contributed by atoms with E-state index in [1.165, 1.54) is 0 Å². The van der Waals surface area contributed by atoms with E-state index in [2.05, 4.69) is 20.8 Å². The van der Waals surface area contributed by atoms with Crippen LogP contribution in [0.1, 0.15) is 35.5 Å². The Morgan fingerprint density at radius 2 is 1.92 bits per heavy atom. The van der Waals surface area contributed by atoms with Crippen molar-refractivity contribution < 1.29 is 14.3 Å². The zero-order valence-corrected chi connectivity index (χ0v) is 22.5. The molecule has 2 unspecified atom stereocenters. The molecule has 0 saturated carbocycles. The Morgan fingerprint density at radius 3 is 2.68 bits per heavy atom. The van der Waals surface area contributed by atoms with Crippen LogP contribution in [-0.4, -0.2) is 52.3 Å². The second-order valence-corrected chi connectivity index (χ2v) is 10.7. The molecule has 0 aliphatic carbocycles. The number of rotatable bonds is 6. The second-order valence-electron chi connectivity index (χ2n) is 9.68. The predicted molar refractivity (Wildman–Crippen MR) is 153 cm³/mol. The molecule has 3 amide bonds. The number of fused-ring (bicyclic) bond motifs is 1. The fourth-order valence-electron chi connectivity index (χ4n) is 4.66. The first-order valence-electron chi connectivity index (χ1n) is 12.6. The smallest absolute Gasteiger partial charge is 0.322 e. The van der Waals surface area contributed by atoms with Crippen LogP contribution in [-0.2, 0) is 16.0 Å². The first-order chi connectivity index (χ1) is 18.3. The standard InChI is InChI=1S/C29H31N5O3S/c1-18-12-27-24(15-26(18)31-28(35)14-23-8-5-11-38-23)25(32-33-27)10-9-21-6-4-7-22(13-21)30-29(36)34-16-19(2)37-20(3)17-34/h4-13,15,19-20H,14,16-17H2,1-3H3,(H,30,36)(H,31,35)(H,32,33). The van der Waals surface area contributed by atoms with Crippen molar-refractivity contribution in [2.24, 2.45) is 0 Å². The highest BCUT2D eigenvalue weighted by Crippen LogP contribution is 2.26. The van der Waals surface area contributed by atoms with Gasteiger partial charge in [-0.05, 0) is 73.7 Å². The highest BCUT2D eigenvalue weighted by atomic mass is 32.1. The SMILES string of the molecule is Cc1cc2[nH]nc(C=Cc3cccc(NC(=O)N4CC(C)OC(C)C4)c3)c2cc1NC(=O)Cc1cccs1. The third-order valence-electron chi connectivity index (χ3n) is 6.40. The molecule has 2 aromatic carbocycles. The second kappa shape index (κ2) is 11.2. The van der Waals surface area contributed by atoms with E-state index in [9.17, 15) is 9.59 Å². The Kier molecular flexibility index (Phi) is 7.57. The summed E-state index contributed by atoms with van der Waals surface area (Å²) >= 11 is 1.57. The Hall–Kier alpha value is -3.95. The van der Waals surface area contributed by atoms with Gasteiger partial charge in [0.2, 0.25) is 5.91 Å². The summed E-state index contributed by atoms with van der Waals surface area (Å²) in [6.45, 7) is 7.05. The number of carbonyl (C=O) groups excluding carboxylic acids is 2. The molecule has 5 rings (SSSR count). The third kappa shape index (κ3) is 6.12. The normalized spacial score (nSPS) is 17.7. The van der Waals surface area contributed by atoms with Gasteiger partial charge in [-0.25, -0.2) is 4.79 Å². The number of thiophene rings is 1. The Labute approximate surface area is 225 Å². The van der Waals surface area contributed by atoms with Crippen molar-refractivity contribution in [1.29, 1.82) is 0 Å². The number of urea groups is 1. The van der Waals surface area contributed by atoms with E-state index >= 15 is 0 Å². The molecular formula is C29H31N5O3S. The van der Waals surface area contributed by atoms with Crippen LogP contribution >= 0.6 is 11.3 Å². The van der Waals surface area contributed by atoms with Crippen LogP contribution < -0.4 is 10.6 Å². The Balaban J connectivity index is 1.29. The molecule has 0 bridgehead atoms. The number of aromatic amines is 1. The van der Waals surface area contributed by atoms with E-state index in [4.69, 9.17) is 4.74 Å². The first-order valence-corrected chi connectivity index (χ1v) is 13.5. The Morgan fingerprint density at radius 1 is 1.11 bits per heavy atom. The molecule has 0 spiro atoms. The minimum absolute atomic E-state index is 0.0149. The van der Waals surface area contributed by atoms with Gasteiger partial charge in [0.15, 0.2) is 0 Å². The van der Waals surface area contributed by atoms with Crippen molar-refractivity contribution in [3.8, 4) is 0 Å². The first kappa shape index (κ1) is 25.7. The van der Waals surface area contributed by atoms with Gasteiger partial charge < -0.3 is 20.3 Å². The van der Waals surface area contributed by atoms with Crippen molar-refractivity contribution in [3.05, 3.63) is 75.6 Å². The molecule has 0 radical (unpaired) electrons. The van der Waals surface area contributed by atoms with Crippen LogP contribution in [0.2, 0.25) is 0 Å².